The molecule has 0 atom stereocenters. The van der Waals surface area contributed by atoms with Crippen LogP contribution in [-0.2, 0) is 6.54 Å². The van der Waals surface area contributed by atoms with Crippen LogP contribution >= 0.6 is 11.6 Å². The molecule has 0 unspecified atom stereocenters. The maximum Gasteiger partial charge on any atom is 0.219 e. The quantitative estimate of drug-likeness (QED) is 0.913. The molecule has 0 aliphatic rings. The maximum atomic E-state index is 12.7. The third-order valence-corrected chi connectivity index (χ3v) is 2.47. The molecule has 0 bridgehead atoms. The van der Waals surface area contributed by atoms with Crippen molar-refractivity contribution in [3.63, 3.8) is 0 Å². The van der Waals surface area contributed by atoms with Crippen LogP contribution in [0.4, 0.5) is 4.39 Å². The van der Waals surface area contributed by atoms with Crippen LogP contribution in [0, 0.1) is 5.82 Å². The standard InChI is InChI=1S/C12H10ClFN2O/c13-10-5-6-12(16-11(10)7-15)17-9-3-1-8(14)2-4-9/h1-6H,7,15H2. The van der Waals surface area contributed by atoms with Gasteiger partial charge in [-0.2, -0.15) is 0 Å². The van der Waals surface area contributed by atoms with Crippen molar-refractivity contribution in [3.8, 4) is 11.6 Å². The second-order valence-corrected chi connectivity index (χ2v) is 3.75. The number of hydrogen-bond acceptors (Lipinski definition) is 3. The van der Waals surface area contributed by atoms with Gasteiger partial charge in [0, 0.05) is 12.6 Å². The summed E-state index contributed by atoms with van der Waals surface area (Å²) < 4.78 is 18.1. The van der Waals surface area contributed by atoms with Gasteiger partial charge in [0.15, 0.2) is 0 Å². The number of benzene rings is 1. The SMILES string of the molecule is NCc1nc(Oc2ccc(F)cc2)ccc1Cl. The van der Waals surface area contributed by atoms with E-state index in [2.05, 4.69) is 4.98 Å². The van der Waals surface area contributed by atoms with Crippen molar-refractivity contribution in [1.29, 1.82) is 0 Å². The van der Waals surface area contributed by atoms with Crippen LogP contribution < -0.4 is 10.5 Å². The third-order valence-electron chi connectivity index (χ3n) is 2.12. The molecule has 1 heterocycles. The van der Waals surface area contributed by atoms with E-state index in [1.807, 2.05) is 0 Å². The molecule has 0 radical (unpaired) electrons. The molecule has 1 aromatic heterocycles. The average Bonchev–Trinajstić information content (AvgIpc) is 2.34. The molecule has 0 aliphatic carbocycles. The van der Waals surface area contributed by atoms with Crippen LogP contribution in [0.3, 0.4) is 0 Å². The Bertz CT molecular complexity index is 516. The van der Waals surface area contributed by atoms with Crippen LogP contribution in [0.1, 0.15) is 5.69 Å². The average molecular weight is 253 g/mol. The van der Waals surface area contributed by atoms with Gasteiger partial charge in [0.05, 0.1) is 10.7 Å². The minimum atomic E-state index is -0.316. The molecule has 0 amide bonds. The van der Waals surface area contributed by atoms with E-state index in [9.17, 15) is 4.39 Å². The molecule has 5 heteroatoms. The number of hydrogen-bond donors (Lipinski definition) is 1. The predicted octanol–water partition coefficient (Wildman–Crippen LogP) is 3.13. The van der Waals surface area contributed by atoms with Crippen molar-refractivity contribution in [1.82, 2.24) is 4.98 Å². The van der Waals surface area contributed by atoms with Crippen LogP contribution in [0.2, 0.25) is 5.02 Å². The summed E-state index contributed by atoms with van der Waals surface area (Å²) >= 11 is 5.87. The van der Waals surface area contributed by atoms with Crippen molar-refractivity contribution < 1.29 is 9.13 Å². The second-order valence-electron chi connectivity index (χ2n) is 3.34. The van der Waals surface area contributed by atoms with Gasteiger partial charge in [-0.1, -0.05) is 11.6 Å². The molecule has 2 rings (SSSR count). The highest BCUT2D eigenvalue weighted by atomic mass is 35.5. The lowest BCUT2D eigenvalue weighted by Crippen LogP contribution is -2.01. The fraction of sp³-hybridized carbons (Fsp3) is 0.0833. The second kappa shape index (κ2) is 5.12. The Labute approximate surface area is 103 Å². The molecular formula is C12H10ClFN2O. The number of nitrogens with two attached hydrogens (primary N) is 1. The first kappa shape index (κ1) is 11.8. The predicted molar refractivity (Wildman–Crippen MR) is 63.6 cm³/mol. The first-order valence-corrected chi connectivity index (χ1v) is 5.36. The Balaban J connectivity index is 2.21. The van der Waals surface area contributed by atoms with E-state index in [4.69, 9.17) is 22.1 Å². The highest BCUT2D eigenvalue weighted by Crippen LogP contribution is 2.22. The summed E-state index contributed by atoms with van der Waals surface area (Å²) in [7, 11) is 0. The van der Waals surface area contributed by atoms with Gasteiger partial charge in [-0.25, -0.2) is 9.37 Å². The van der Waals surface area contributed by atoms with Crippen LogP contribution in [0.25, 0.3) is 0 Å². The molecule has 3 nitrogen and oxygen atoms in total. The lowest BCUT2D eigenvalue weighted by atomic mass is 10.3. The molecule has 0 spiro atoms. The van der Waals surface area contributed by atoms with Crippen LogP contribution in [0.15, 0.2) is 36.4 Å². The Hall–Kier alpha value is -1.65. The molecule has 0 aliphatic heterocycles. The van der Waals surface area contributed by atoms with E-state index in [1.54, 1.807) is 12.1 Å². The number of pyridine rings is 1. The minimum absolute atomic E-state index is 0.236. The van der Waals surface area contributed by atoms with E-state index in [-0.39, 0.29) is 12.4 Å². The largest absolute Gasteiger partial charge is 0.439 e. The van der Waals surface area contributed by atoms with E-state index < -0.39 is 0 Å². The van der Waals surface area contributed by atoms with Crippen LogP contribution in [0.5, 0.6) is 11.6 Å². The van der Waals surface area contributed by atoms with E-state index >= 15 is 0 Å². The van der Waals surface area contributed by atoms with E-state index in [1.165, 1.54) is 24.3 Å². The molecule has 17 heavy (non-hydrogen) atoms. The van der Waals surface area contributed by atoms with Gasteiger partial charge in [-0.3, -0.25) is 0 Å². The number of ether oxygens (including phenoxy) is 1. The minimum Gasteiger partial charge on any atom is -0.439 e. The van der Waals surface area contributed by atoms with E-state index in [0.717, 1.165) is 0 Å². The summed E-state index contributed by atoms with van der Waals surface area (Å²) in [5.74, 6) is 0.565. The number of nitrogens with zero attached hydrogens (tertiary/aromatic N) is 1. The van der Waals surface area contributed by atoms with Crippen LogP contribution in [-0.4, -0.2) is 4.98 Å². The summed E-state index contributed by atoms with van der Waals surface area (Å²) in [6.07, 6.45) is 0. The van der Waals surface area contributed by atoms with Crippen molar-refractivity contribution >= 4 is 11.6 Å². The lowest BCUT2D eigenvalue weighted by molar-refractivity contribution is 0.459. The molecular weight excluding hydrogens is 243 g/mol. The fourth-order valence-electron chi connectivity index (χ4n) is 1.29. The zero-order valence-corrected chi connectivity index (χ0v) is 9.62. The molecule has 88 valence electrons. The van der Waals surface area contributed by atoms with Crippen molar-refractivity contribution in [2.75, 3.05) is 0 Å². The van der Waals surface area contributed by atoms with E-state index in [0.29, 0.717) is 22.3 Å². The Kier molecular flexibility index (Phi) is 3.56. The van der Waals surface area contributed by atoms with Gasteiger partial charge < -0.3 is 10.5 Å². The lowest BCUT2D eigenvalue weighted by Gasteiger charge is -2.06. The molecule has 0 saturated carbocycles. The first-order valence-electron chi connectivity index (χ1n) is 4.98. The smallest absolute Gasteiger partial charge is 0.219 e. The Morgan fingerprint density at radius 2 is 1.88 bits per heavy atom. The monoisotopic (exact) mass is 252 g/mol. The number of halogens is 2. The first-order chi connectivity index (χ1) is 8.19. The summed E-state index contributed by atoms with van der Waals surface area (Å²) in [5, 5.41) is 0.499. The van der Waals surface area contributed by atoms with Crippen molar-refractivity contribution in [2.45, 2.75) is 6.54 Å². The van der Waals surface area contributed by atoms with Crippen molar-refractivity contribution in [2.24, 2.45) is 5.73 Å². The van der Waals surface area contributed by atoms with Gasteiger partial charge in [-0.05, 0) is 30.3 Å². The highest BCUT2D eigenvalue weighted by Gasteiger charge is 2.04. The van der Waals surface area contributed by atoms with Gasteiger partial charge >= 0.3 is 0 Å². The summed E-state index contributed by atoms with van der Waals surface area (Å²) in [5.41, 5.74) is 6.04. The van der Waals surface area contributed by atoms with Gasteiger partial charge in [0.1, 0.15) is 11.6 Å². The summed E-state index contributed by atoms with van der Waals surface area (Å²) in [4.78, 5) is 4.14. The topological polar surface area (TPSA) is 48.1 Å². The zero-order chi connectivity index (χ0) is 12.3. The molecule has 0 fully saturated rings. The molecule has 2 aromatic rings. The maximum absolute atomic E-state index is 12.7. The zero-order valence-electron chi connectivity index (χ0n) is 8.86. The molecule has 1 aromatic carbocycles. The van der Waals surface area contributed by atoms with Gasteiger partial charge in [0.2, 0.25) is 5.88 Å². The molecule has 2 N–H and O–H groups in total. The third kappa shape index (κ3) is 2.93. The Morgan fingerprint density at radius 1 is 1.18 bits per heavy atom. The Morgan fingerprint density at radius 3 is 2.53 bits per heavy atom. The normalized spacial score (nSPS) is 10.3. The highest BCUT2D eigenvalue weighted by molar-refractivity contribution is 6.31. The van der Waals surface area contributed by atoms with Gasteiger partial charge in [0.25, 0.3) is 0 Å². The summed E-state index contributed by atoms with van der Waals surface area (Å²) in [6.45, 7) is 0.236. The molecule has 0 saturated heterocycles. The number of rotatable bonds is 3. The van der Waals surface area contributed by atoms with Gasteiger partial charge in [-0.15, -0.1) is 0 Å². The fourth-order valence-corrected chi connectivity index (χ4v) is 1.47. The van der Waals surface area contributed by atoms with Crippen molar-refractivity contribution in [3.05, 3.63) is 52.9 Å². The number of aromatic nitrogens is 1. The summed E-state index contributed by atoms with van der Waals surface area (Å²) in [6, 6.07) is 8.96.